The summed E-state index contributed by atoms with van der Waals surface area (Å²) in [4.78, 5) is 14.6. The van der Waals surface area contributed by atoms with Crippen molar-refractivity contribution in [2.24, 2.45) is 0 Å². The fourth-order valence-electron chi connectivity index (χ4n) is 2.20. The number of alkyl halides is 1. The molecule has 0 radical (unpaired) electrons. The fourth-order valence-corrected chi connectivity index (χ4v) is 3.24. The largest absolute Gasteiger partial charge is 0.333 e. The molecule has 2 aromatic carbocycles. The van der Waals surface area contributed by atoms with Gasteiger partial charge in [-0.1, -0.05) is 62.2 Å². The third-order valence-electron chi connectivity index (χ3n) is 3.15. The second-order valence-electron chi connectivity index (χ2n) is 4.92. The lowest BCUT2D eigenvalue weighted by atomic mass is 10.1. The zero-order chi connectivity index (χ0) is 15.2. The van der Waals surface area contributed by atoms with Crippen molar-refractivity contribution >= 4 is 37.8 Å². The summed E-state index contributed by atoms with van der Waals surface area (Å²) in [6, 6.07) is 15.9. The van der Waals surface area contributed by atoms with Crippen LogP contribution in [0.4, 0.5) is 0 Å². The van der Waals surface area contributed by atoms with Crippen LogP contribution >= 0.6 is 31.9 Å². The van der Waals surface area contributed by atoms with E-state index in [-0.39, 0.29) is 5.91 Å². The van der Waals surface area contributed by atoms with Crippen LogP contribution in [0.5, 0.6) is 0 Å². The Kier molecular flexibility index (Phi) is 6.00. The lowest BCUT2D eigenvalue weighted by molar-refractivity contribution is 0.0754. The van der Waals surface area contributed by atoms with E-state index in [0.29, 0.717) is 13.1 Å². The summed E-state index contributed by atoms with van der Waals surface area (Å²) in [5.41, 5.74) is 2.93. The Morgan fingerprint density at radius 3 is 2.48 bits per heavy atom. The molecule has 4 heteroatoms. The Morgan fingerprint density at radius 1 is 1.14 bits per heavy atom. The van der Waals surface area contributed by atoms with Crippen LogP contribution in [0.3, 0.4) is 0 Å². The standard InChI is InChI=1S/C17H17Br2NO/c1-13-9-15(11-16(19)10-13)17(21)20(8-7-18)12-14-5-3-2-4-6-14/h2-6,9-11H,7-8,12H2,1H3. The first-order chi connectivity index (χ1) is 10.1. The van der Waals surface area contributed by atoms with E-state index in [1.807, 2.05) is 60.4 Å². The van der Waals surface area contributed by atoms with Crippen LogP contribution in [0, 0.1) is 6.92 Å². The lowest BCUT2D eigenvalue weighted by Gasteiger charge is -2.22. The summed E-state index contributed by atoms with van der Waals surface area (Å²) in [5, 5.41) is 0.762. The summed E-state index contributed by atoms with van der Waals surface area (Å²) >= 11 is 6.89. The first-order valence-corrected chi connectivity index (χ1v) is 8.68. The van der Waals surface area contributed by atoms with Crippen LogP contribution in [0.25, 0.3) is 0 Å². The van der Waals surface area contributed by atoms with Crippen LogP contribution in [0.1, 0.15) is 21.5 Å². The van der Waals surface area contributed by atoms with Gasteiger partial charge in [0.15, 0.2) is 0 Å². The third-order valence-corrected chi connectivity index (χ3v) is 3.96. The molecule has 0 unspecified atom stereocenters. The van der Waals surface area contributed by atoms with Gasteiger partial charge < -0.3 is 4.90 Å². The second kappa shape index (κ2) is 7.76. The van der Waals surface area contributed by atoms with E-state index in [1.165, 1.54) is 0 Å². The lowest BCUT2D eigenvalue weighted by Crippen LogP contribution is -2.32. The van der Waals surface area contributed by atoms with Crippen LogP contribution < -0.4 is 0 Å². The molecule has 21 heavy (non-hydrogen) atoms. The summed E-state index contributed by atoms with van der Waals surface area (Å²) in [7, 11) is 0. The van der Waals surface area contributed by atoms with Crippen LogP contribution in [0.15, 0.2) is 53.0 Å². The van der Waals surface area contributed by atoms with Gasteiger partial charge in [-0.05, 0) is 36.2 Å². The van der Waals surface area contributed by atoms with Crippen molar-refractivity contribution in [3.8, 4) is 0 Å². The molecule has 0 N–H and O–H groups in total. The van der Waals surface area contributed by atoms with Gasteiger partial charge in [0.25, 0.3) is 5.91 Å². The smallest absolute Gasteiger partial charge is 0.254 e. The van der Waals surface area contributed by atoms with Gasteiger partial charge in [-0.25, -0.2) is 0 Å². The van der Waals surface area contributed by atoms with Crippen molar-refractivity contribution in [2.75, 3.05) is 11.9 Å². The minimum absolute atomic E-state index is 0.0581. The van der Waals surface area contributed by atoms with Gasteiger partial charge in [0.05, 0.1) is 0 Å². The molecule has 0 spiro atoms. The van der Waals surface area contributed by atoms with Crippen molar-refractivity contribution in [2.45, 2.75) is 13.5 Å². The van der Waals surface area contributed by atoms with Gasteiger partial charge in [0.1, 0.15) is 0 Å². The average Bonchev–Trinajstić information content (AvgIpc) is 2.46. The molecule has 0 aliphatic carbocycles. The minimum atomic E-state index is 0.0581. The van der Waals surface area contributed by atoms with E-state index in [9.17, 15) is 4.79 Å². The van der Waals surface area contributed by atoms with Gasteiger partial charge in [-0.3, -0.25) is 4.79 Å². The van der Waals surface area contributed by atoms with Crippen LogP contribution in [0.2, 0.25) is 0 Å². The predicted molar refractivity (Wildman–Crippen MR) is 93.9 cm³/mol. The first kappa shape index (κ1) is 16.2. The molecule has 1 amide bonds. The number of carbonyl (C=O) groups is 1. The number of nitrogens with zero attached hydrogens (tertiary/aromatic N) is 1. The predicted octanol–water partition coefficient (Wildman–Crippen LogP) is 4.79. The van der Waals surface area contributed by atoms with Gasteiger partial charge in [-0.2, -0.15) is 0 Å². The number of hydrogen-bond acceptors (Lipinski definition) is 1. The van der Waals surface area contributed by atoms with Gasteiger partial charge >= 0.3 is 0 Å². The second-order valence-corrected chi connectivity index (χ2v) is 6.63. The zero-order valence-corrected chi connectivity index (χ0v) is 15.0. The van der Waals surface area contributed by atoms with Gasteiger partial charge in [0, 0.05) is 28.5 Å². The number of rotatable bonds is 5. The Bertz CT molecular complexity index is 593. The quantitative estimate of drug-likeness (QED) is 0.648. The van der Waals surface area contributed by atoms with Crippen LogP contribution in [-0.4, -0.2) is 22.7 Å². The zero-order valence-electron chi connectivity index (χ0n) is 11.9. The molecule has 0 heterocycles. The van der Waals surface area contributed by atoms with E-state index in [4.69, 9.17) is 0 Å². The van der Waals surface area contributed by atoms with Crippen molar-refractivity contribution in [3.05, 3.63) is 69.7 Å². The highest BCUT2D eigenvalue weighted by Crippen LogP contribution is 2.18. The van der Waals surface area contributed by atoms with Crippen molar-refractivity contribution in [3.63, 3.8) is 0 Å². The molecule has 0 aliphatic heterocycles. The molecular formula is C17H17Br2NO. The molecule has 0 saturated carbocycles. The van der Waals surface area contributed by atoms with E-state index >= 15 is 0 Å². The monoisotopic (exact) mass is 409 g/mol. The normalized spacial score (nSPS) is 10.4. The fraction of sp³-hybridized carbons (Fsp3) is 0.235. The number of carbonyl (C=O) groups excluding carboxylic acids is 1. The topological polar surface area (TPSA) is 20.3 Å². The van der Waals surface area contributed by atoms with Crippen LogP contribution in [-0.2, 0) is 6.54 Å². The summed E-state index contributed by atoms with van der Waals surface area (Å²) < 4.78 is 0.935. The molecule has 2 nitrogen and oxygen atoms in total. The molecule has 0 bridgehead atoms. The number of aryl methyl sites for hydroxylation is 1. The molecular weight excluding hydrogens is 394 g/mol. The van der Waals surface area contributed by atoms with E-state index in [2.05, 4.69) is 31.9 Å². The number of halogens is 2. The number of hydrogen-bond donors (Lipinski definition) is 0. The third kappa shape index (κ3) is 4.68. The summed E-state index contributed by atoms with van der Waals surface area (Å²) in [6.07, 6.45) is 0. The molecule has 0 aliphatic rings. The minimum Gasteiger partial charge on any atom is -0.333 e. The van der Waals surface area contributed by atoms with Crippen molar-refractivity contribution in [1.29, 1.82) is 0 Å². The molecule has 0 aromatic heterocycles. The molecule has 110 valence electrons. The first-order valence-electron chi connectivity index (χ1n) is 6.76. The SMILES string of the molecule is Cc1cc(Br)cc(C(=O)N(CCBr)Cc2ccccc2)c1. The Balaban J connectivity index is 2.22. The Morgan fingerprint density at radius 2 is 1.86 bits per heavy atom. The number of benzene rings is 2. The van der Waals surface area contributed by atoms with E-state index < -0.39 is 0 Å². The maximum Gasteiger partial charge on any atom is 0.254 e. The molecule has 2 rings (SSSR count). The Hall–Kier alpha value is -1.13. The summed E-state index contributed by atoms with van der Waals surface area (Å²) in [5.74, 6) is 0.0581. The Labute approximate surface area is 142 Å². The molecule has 0 saturated heterocycles. The average molecular weight is 411 g/mol. The summed E-state index contributed by atoms with van der Waals surface area (Å²) in [6.45, 7) is 3.30. The maximum absolute atomic E-state index is 12.7. The molecule has 0 atom stereocenters. The highest BCUT2D eigenvalue weighted by molar-refractivity contribution is 9.10. The van der Waals surface area contributed by atoms with Gasteiger partial charge in [0.2, 0.25) is 0 Å². The van der Waals surface area contributed by atoms with Crippen molar-refractivity contribution < 1.29 is 4.79 Å². The number of amides is 1. The van der Waals surface area contributed by atoms with Crippen molar-refractivity contribution in [1.82, 2.24) is 4.90 Å². The van der Waals surface area contributed by atoms with Gasteiger partial charge in [-0.15, -0.1) is 0 Å². The maximum atomic E-state index is 12.7. The highest BCUT2D eigenvalue weighted by Gasteiger charge is 2.16. The molecule has 0 fully saturated rings. The van der Waals surface area contributed by atoms with E-state index in [1.54, 1.807) is 0 Å². The van der Waals surface area contributed by atoms with E-state index in [0.717, 1.165) is 26.5 Å². The molecule has 2 aromatic rings. The highest BCUT2D eigenvalue weighted by atomic mass is 79.9.